The standard InChI is InChI=1S/C18H27F2N3O2.HI/c1-4-7-8-12-22-18(21-5-2)23-13-14-10-9-11-15(24-6-3)16(14)25-17(19)20;/h4,7,9-11,17H,5-6,8,12-13H2,1-3H3,(H2,21,22,23);1H/b7-4+;. The van der Waals surface area contributed by atoms with Gasteiger partial charge in [0, 0.05) is 18.7 Å². The van der Waals surface area contributed by atoms with E-state index in [1.54, 1.807) is 25.1 Å². The van der Waals surface area contributed by atoms with Crippen LogP contribution in [0.15, 0.2) is 35.3 Å². The molecule has 5 nitrogen and oxygen atoms in total. The van der Waals surface area contributed by atoms with Crippen LogP contribution >= 0.6 is 24.0 Å². The molecule has 0 fully saturated rings. The van der Waals surface area contributed by atoms with E-state index >= 15 is 0 Å². The average molecular weight is 483 g/mol. The molecule has 0 saturated heterocycles. The molecule has 8 heteroatoms. The summed E-state index contributed by atoms with van der Waals surface area (Å²) < 4.78 is 35.5. The van der Waals surface area contributed by atoms with E-state index in [0.29, 0.717) is 30.4 Å². The minimum Gasteiger partial charge on any atom is -0.490 e. The first-order valence-electron chi connectivity index (χ1n) is 8.45. The number of halogens is 3. The number of nitrogens with one attached hydrogen (secondary N) is 2. The highest BCUT2D eigenvalue weighted by Crippen LogP contribution is 2.33. The minimum atomic E-state index is -2.92. The predicted molar refractivity (Wildman–Crippen MR) is 112 cm³/mol. The molecular formula is C18H28F2IN3O2. The number of alkyl halides is 2. The molecule has 26 heavy (non-hydrogen) atoms. The number of benzene rings is 1. The van der Waals surface area contributed by atoms with Crippen LogP contribution in [-0.2, 0) is 6.54 Å². The molecule has 1 aromatic carbocycles. The molecule has 0 heterocycles. The van der Waals surface area contributed by atoms with Gasteiger partial charge in [0.05, 0.1) is 13.2 Å². The van der Waals surface area contributed by atoms with E-state index in [1.165, 1.54) is 0 Å². The van der Waals surface area contributed by atoms with Crippen LogP contribution in [0.5, 0.6) is 11.5 Å². The molecule has 0 radical (unpaired) electrons. The molecule has 2 N–H and O–H groups in total. The van der Waals surface area contributed by atoms with Crippen LogP contribution in [0.3, 0.4) is 0 Å². The largest absolute Gasteiger partial charge is 0.490 e. The maximum Gasteiger partial charge on any atom is 0.387 e. The quantitative estimate of drug-likeness (QED) is 0.171. The second-order valence-corrected chi connectivity index (χ2v) is 5.04. The smallest absolute Gasteiger partial charge is 0.387 e. The lowest BCUT2D eigenvalue weighted by atomic mass is 10.2. The number of allylic oxidation sites excluding steroid dienone is 1. The second-order valence-electron chi connectivity index (χ2n) is 5.04. The molecule has 0 aliphatic carbocycles. The number of aliphatic imine (C=N–C) groups is 1. The van der Waals surface area contributed by atoms with Gasteiger partial charge < -0.3 is 20.1 Å². The number of para-hydroxylation sites is 1. The Hall–Kier alpha value is -1.58. The first-order chi connectivity index (χ1) is 12.1. The zero-order valence-corrected chi connectivity index (χ0v) is 17.8. The number of hydrogen-bond donors (Lipinski definition) is 2. The van der Waals surface area contributed by atoms with Gasteiger partial charge in [0.15, 0.2) is 17.5 Å². The van der Waals surface area contributed by atoms with Crippen molar-refractivity contribution in [3.63, 3.8) is 0 Å². The normalized spacial score (nSPS) is 11.4. The second kappa shape index (κ2) is 14.6. The fraction of sp³-hybridized carbons (Fsp3) is 0.500. The highest BCUT2D eigenvalue weighted by Gasteiger charge is 2.15. The third-order valence-corrected chi connectivity index (χ3v) is 3.16. The molecule has 1 aromatic rings. The summed E-state index contributed by atoms with van der Waals surface area (Å²) in [4.78, 5) is 4.44. The molecule has 0 atom stereocenters. The van der Waals surface area contributed by atoms with Gasteiger partial charge in [-0.3, -0.25) is 0 Å². The van der Waals surface area contributed by atoms with E-state index in [1.807, 2.05) is 19.9 Å². The maximum atomic E-state index is 12.7. The zero-order chi connectivity index (χ0) is 18.5. The third-order valence-electron chi connectivity index (χ3n) is 3.16. The molecular weight excluding hydrogens is 455 g/mol. The Balaban J connectivity index is 0.00000625. The van der Waals surface area contributed by atoms with Crippen LogP contribution in [0.1, 0.15) is 32.8 Å². The topological polar surface area (TPSA) is 54.9 Å². The Morgan fingerprint density at radius 1 is 1.27 bits per heavy atom. The van der Waals surface area contributed by atoms with Gasteiger partial charge in [0.1, 0.15) is 0 Å². The molecule has 0 bridgehead atoms. The Morgan fingerprint density at radius 2 is 2.04 bits per heavy atom. The van der Waals surface area contributed by atoms with Gasteiger partial charge in [-0.1, -0.05) is 24.3 Å². The van der Waals surface area contributed by atoms with Gasteiger partial charge >= 0.3 is 6.61 Å². The van der Waals surface area contributed by atoms with E-state index in [4.69, 9.17) is 4.74 Å². The lowest BCUT2D eigenvalue weighted by Gasteiger charge is -2.15. The van der Waals surface area contributed by atoms with Crippen molar-refractivity contribution in [3.05, 3.63) is 35.9 Å². The molecule has 0 spiro atoms. The summed E-state index contributed by atoms with van der Waals surface area (Å²) in [5, 5.41) is 6.32. The van der Waals surface area contributed by atoms with Crippen LogP contribution in [0, 0.1) is 0 Å². The first-order valence-corrected chi connectivity index (χ1v) is 8.45. The maximum absolute atomic E-state index is 12.7. The van der Waals surface area contributed by atoms with Crippen molar-refractivity contribution < 1.29 is 18.3 Å². The molecule has 1 rings (SSSR count). The molecule has 0 amide bonds. The lowest BCUT2D eigenvalue weighted by Crippen LogP contribution is -2.37. The van der Waals surface area contributed by atoms with Crippen LogP contribution < -0.4 is 20.1 Å². The van der Waals surface area contributed by atoms with E-state index in [-0.39, 0.29) is 36.3 Å². The summed E-state index contributed by atoms with van der Waals surface area (Å²) in [5.74, 6) is 0.950. The fourth-order valence-electron chi connectivity index (χ4n) is 2.12. The van der Waals surface area contributed by atoms with E-state index in [9.17, 15) is 8.78 Å². The minimum absolute atomic E-state index is 0. The van der Waals surface area contributed by atoms with Crippen molar-refractivity contribution in [2.24, 2.45) is 4.99 Å². The van der Waals surface area contributed by atoms with Crippen LogP contribution in [-0.4, -0.2) is 32.3 Å². The Morgan fingerprint density at radius 3 is 2.65 bits per heavy atom. The summed E-state index contributed by atoms with van der Waals surface area (Å²) in [7, 11) is 0. The molecule has 0 aromatic heterocycles. The van der Waals surface area contributed by atoms with E-state index in [2.05, 4.69) is 26.4 Å². The number of ether oxygens (including phenoxy) is 2. The van der Waals surface area contributed by atoms with Crippen LogP contribution in [0.25, 0.3) is 0 Å². The molecule has 0 unspecified atom stereocenters. The van der Waals surface area contributed by atoms with Crippen molar-refractivity contribution in [3.8, 4) is 11.5 Å². The average Bonchev–Trinajstić information content (AvgIpc) is 2.58. The van der Waals surface area contributed by atoms with Crippen molar-refractivity contribution in [2.75, 3.05) is 19.7 Å². The Labute approximate surface area is 171 Å². The number of hydrogen-bond acceptors (Lipinski definition) is 3. The number of nitrogens with zero attached hydrogens (tertiary/aromatic N) is 1. The first kappa shape index (κ1) is 24.4. The van der Waals surface area contributed by atoms with E-state index < -0.39 is 6.61 Å². The molecule has 148 valence electrons. The SMILES string of the molecule is C/C=C/CCNC(=NCc1cccc(OCC)c1OC(F)F)NCC.I. The summed E-state index contributed by atoms with van der Waals surface area (Å²) in [5.41, 5.74) is 0.539. The zero-order valence-electron chi connectivity index (χ0n) is 15.4. The summed E-state index contributed by atoms with van der Waals surface area (Å²) in [6, 6.07) is 5.04. The Bertz CT molecular complexity index is 569. The van der Waals surface area contributed by atoms with Gasteiger partial charge in [-0.2, -0.15) is 8.78 Å². The highest BCUT2D eigenvalue weighted by atomic mass is 127. The fourth-order valence-corrected chi connectivity index (χ4v) is 2.12. The molecule has 0 aliphatic heterocycles. The van der Waals surface area contributed by atoms with Crippen molar-refractivity contribution in [1.29, 1.82) is 0 Å². The van der Waals surface area contributed by atoms with Gasteiger partial charge in [0.25, 0.3) is 0 Å². The van der Waals surface area contributed by atoms with Crippen LogP contribution in [0.2, 0.25) is 0 Å². The third kappa shape index (κ3) is 9.21. The monoisotopic (exact) mass is 483 g/mol. The van der Waals surface area contributed by atoms with Crippen molar-refractivity contribution in [1.82, 2.24) is 10.6 Å². The predicted octanol–water partition coefficient (Wildman–Crippen LogP) is 4.33. The number of rotatable bonds is 10. The van der Waals surface area contributed by atoms with Crippen molar-refractivity contribution in [2.45, 2.75) is 40.3 Å². The Kier molecular flexibility index (Phi) is 13.7. The highest BCUT2D eigenvalue weighted by molar-refractivity contribution is 14.0. The summed E-state index contributed by atoms with van der Waals surface area (Å²) in [6.07, 6.45) is 4.91. The van der Waals surface area contributed by atoms with Gasteiger partial charge in [-0.25, -0.2) is 4.99 Å². The summed E-state index contributed by atoms with van der Waals surface area (Å²) in [6.45, 7) is 4.79. The van der Waals surface area contributed by atoms with Gasteiger partial charge in [-0.15, -0.1) is 24.0 Å². The van der Waals surface area contributed by atoms with Gasteiger partial charge in [0.2, 0.25) is 0 Å². The van der Waals surface area contributed by atoms with Crippen LogP contribution in [0.4, 0.5) is 8.78 Å². The summed E-state index contributed by atoms with van der Waals surface area (Å²) >= 11 is 0. The number of guanidine groups is 1. The van der Waals surface area contributed by atoms with Crippen molar-refractivity contribution >= 4 is 29.9 Å². The van der Waals surface area contributed by atoms with Gasteiger partial charge in [-0.05, 0) is 33.3 Å². The lowest BCUT2D eigenvalue weighted by molar-refractivity contribution is -0.0520. The molecule has 0 aliphatic rings. The van der Waals surface area contributed by atoms with E-state index in [0.717, 1.165) is 13.0 Å². The molecule has 0 saturated carbocycles.